The molecule has 0 spiro atoms. The van der Waals surface area contributed by atoms with Crippen molar-refractivity contribution in [2.24, 2.45) is 0 Å². The maximum Gasteiger partial charge on any atom is 0.252 e. The lowest BCUT2D eigenvalue weighted by Gasteiger charge is -2.35. The molecule has 6 heteroatoms. The van der Waals surface area contributed by atoms with E-state index >= 15 is 0 Å². The monoisotopic (exact) mass is 341 g/mol. The van der Waals surface area contributed by atoms with E-state index in [0.29, 0.717) is 24.9 Å². The average Bonchev–Trinajstić information content (AvgIpc) is 3.37. The van der Waals surface area contributed by atoms with Crippen LogP contribution in [0.5, 0.6) is 0 Å². The molecule has 1 amide bonds. The molecule has 1 aliphatic carbocycles. The molecular weight excluding hydrogens is 318 g/mol. The third-order valence-corrected chi connectivity index (χ3v) is 5.16. The van der Waals surface area contributed by atoms with Crippen molar-refractivity contribution in [3.05, 3.63) is 47.6 Å². The van der Waals surface area contributed by atoms with Crippen molar-refractivity contribution >= 4 is 5.91 Å². The van der Waals surface area contributed by atoms with E-state index in [1.807, 2.05) is 23.1 Å². The molecule has 0 unspecified atom stereocenters. The number of carbonyl (C=O) groups excluding carboxylic acids is 1. The van der Waals surface area contributed by atoms with Crippen molar-refractivity contribution in [3.63, 3.8) is 0 Å². The van der Waals surface area contributed by atoms with Crippen molar-refractivity contribution in [1.82, 2.24) is 15.0 Å². The van der Waals surface area contributed by atoms with Crippen molar-refractivity contribution in [2.45, 2.75) is 50.7 Å². The van der Waals surface area contributed by atoms with Crippen LogP contribution in [0.2, 0.25) is 0 Å². The number of ether oxygens (including phenoxy) is 1. The van der Waals surface area contributed by atoms with Crippen LogP contribution in [-0.4, -0.2) is 40.1 Å². The number of piperidine rings is 1. The van der Waals surface area contributed by atoms with Crippen LogP contribution in [0.1, 0.15) is 43.0 Å². The van der Waals surface area contributed by atoms with Crippen LogP contribution in [0.4, 0.5) is 0 Å². The summed E-state index contributed by atoms with van der Waals surface area (Å²) in [4.78, 5) is 19.3. The SMILES string of the molecule is Cc1noc(CO[C@H]2CCCN(C(=O)C3(c4ccccc4)CC3)C2)n1. The first-order chi connectivity index (χ1) is 12.2. The lowest BCUT2D eigenvalue weighted by atomic mass is 9.93. The molecule has 2 fully saturated rings. The van der Waals surface area contributed by atoms with Gasteiger partial charge in [0, 0.05) is 13.1 Å². The number of likely N-dealkylation sites (tertiary alicyclic amines) is 1. The summed E-state index contributed by atoms with van der Waals surface area (Å²) in [7, 11) is 0. The molecule has 4 rings (SSSR count). The van der Waals surface area contributed by atoms with Gasteiger partial charge in [-0.2, -0.15) is 4.98 Å². The summed E-state index contributed by atoms with van der Waals surface area (Å²) in [5.74, 6) is 1.35. The van der Waals surface area contributed by atoms with Gasteiger partial charge in [-0.05, 0) is 38.2 Å². The van der Waals surface area contributed by atoms with E-state index in [2.05, 4.69) is 22.3 Å². The standard InChI is InChI=1S/C19H23N3O3/c1-14-20-17(25-21-14)13-24-16-8-5-11-22(12-16)18(23)19(9-10-19)15-6-3-2-4-7-15/h2-4,6-7,16H,5,8-13H2,1H3/t16-/m0/s1. The number of aryl methyl sites for hydroxylation is 1. The maximum atomic E-state index is 13.1. The number of hydrogen-bond donors (Lipinski definition) is 0. The second-order valence-electron chi connectivity index (χ2n) is 7.01. The van der Waals surface area contributed by atoms with Gasteiger partial charge in [-0.3, -0.25) is 4.79 Å². The number of aromatic nitrogens is 2. The molecular formula is C19H23N3O3. The summed E-state index contributed by atoms with van der Waals surface area (Å²) in [5, 5.41) is 3.77. The van der Waals surface area contributed by atoms with Crippen molar-refractivity contribution in [1.29, 1.82) is 0 Å². The van der Waals surface area contributed by atoms with Gasteiger partial charge in [0.1, 0.15) is 6.61 Å². The number of benzene rings is 1. The Labute approximate surface area is 147 Å². The lowest BCUT2D eigenvalue weighted by molar-refractivity contribution is -0.138. The molecule has 0 radical (unpaired) electrons. The number of carbonyl (C=O) groups is 1. The molecule has 1 aliphatic heterocycles. The molecule has 2 aliphatic rings. The van der Waals surface area contributed by atoms with Crippen LogP contribution in [0.3, 0.4) is 0 Å². The van der Waals surface area contributed by atoms with E-state index in [4.69, 9.17) is 9.26 Å². The van der Waals surface area contributed by atoms with E-state index in [9.17, 15) is 4.79 Å². The minimum atomic E-state index is -0.299. The van der Waals surface area contributed by atoms with Gasteiger partial charge < -0.3 is 14.2 Å². The quantitative estimate of drug-likeness (QED) is 0.836. The normalized spacial score (nSPS) is 22.0. The maximum absolute atomic E-state index is 13.1. The highest BCUT2D eigenvalue weighted by molar-refractivity contribution is 5.91. The summed E-state index contributed by atoms with van der Waals surface area (Å²) in [5.41, 5.74) is 0.844. The number of hydrogen-bond acceptors (Lipinski definition) is 5. The van der Waals surface area contributed by atoms with Crippen LogP contribution in [-0.2, 0) is 21.6 Å². The molecule has 132 valence electrons. The van der Waals surface area contributed by atoms with Crippen molar-refractivity contribution in [3.8, 4) is 0 Å². The fourth-order valence-electron chi connectivity index (χ4n) is 3.66. The van der Waals surface area contributed by atoms with Crippen LogP contribution >= 0.6 is 0 Å². The third-order valence-electron chi connectivity index (χ3n) is 5.16. The fraction of sp³-hybridized carbons (Fsp3) is 0.526. The predicted molar refractivity (Wildman–Crippen MR) is 90.8 cm³/mol. The molecule has 0 N–H and O–H groups in total. The number of nitrogens with zero attached hydrogens (tertiary/aromatic N) is 3. The Balaban J connectivity index is 1.38. The Morgan fingerprint density at radius 3 is 2.84 bits per heavy atom. The summed E-state index contributed by atoms with van der Waals surface area (Å²) >= 11 is 0. The molecule has 2 heterocycles. The minimum Gasteiger partial charge on any atom is -0.367 e. The van der Waals surface area contributed by atoms with Gasteiger partial charge in [-0.15, -0.1) is 0 Å². The fourth-order valence-corrected chi connectivity index (χ4v) is 3.66. The second-order valence-corrected chi connectivity index (χ2v) is 7.01. The van der Waals surface area contributed by atoms with Crippen LogP contribution in [0, 0.1) is 6.92 Å². The van der Waals surface area contributed by atoms with Gasteiger partial charge in [0.05, 0.1) is 11.5 Å². The molecule has 0 bridgehead atoms. The van der Waals surface area contributed by atoms with Gasteiger partial charge in [-0.1, -0.05) is 35.5 Å². The molecule has 6 nitrogen and oxygen atoms in total. The topological polar surface area (TPSA) is 68.5 Å². The molecule has 2 aromatic rings. The van der Waals surface area contributed by atoms with Gasteiger partial charge in [0.2, 0.25) is 5.91 Å². The average molecular weight is 341 g/mol. The Morgan fingerprint density at radius 1 is 1.36 bits per heavy atom. The van der Waals surface area contributed by atoms with Gasteiger partial charge in [0.25, 0.3) is 5.89 Å². The zero-order valence-corrected chi connectivity index (χ0v) is 14.5. The van der Waals surface area contributed by atoms with Crippen LogP contribution < -0.4 is 0 Å². The van der Waals surface area contributed by atoms with Crippen LogP contribution in [0.25, 0.3) is 0 Å². The Morgan fingerprint density at radius 2 is 2.16 bits per heavy atom. The van der Waals surface area contributed by atoms with Gasteiger partial charge >= 0.3 is 0 Å². The summed E-state index contributed by atoms with van der Waals surface area (Å²) in [6, 6.07) is 10.2. The highest BCUT2D eigenvalue weighted by Gasteiger charge is 2.53. The summed E-state index contributed by atoms with van der Waals surface area (Å²) in [6.07, 6.45) is 3.83. The molecule has 25 heavy (non-hydrogen) atoms. The summed E-state index contributed by atoms with van der Waals surface area (Å²) in [6.45, 7) is 3.54. The largest absolute Gasteiger partial charge is 0.367 e. The zero-order chi connectivity index (χ0) is 17.3. The first-order valence-corrected chi connectivity index (χ1v) is 8.93. The highest BCUT2D eigenvalue weighted by atomic mass is 16.5. The first-order valence-electron chi connectivity index (χ1n) is 8.93. The van der Waals surface area contributed by atoms with E-state index < -0.39 is 0 Å². The van der Waals surface area contributed by atoms with Crippen molar-refractivity contribution < 1.29 is 14.1 Å². The Bertz CT molecular complexity index is 739. The molecule has 1 saturated heterocycles. The molecule has 1 saturated carbocycles. The number of amides is 1. The Hall–Kier alpha value is -2.21. The van der Waals surface area contributed by atoms with E-state index in [1.54, 1.807) is 6.92 Å². The minimum absolute atomic E-state index is 0.0245. The van der Waals surface area contributed by atoms with E-state index in [-0.39, 0.29) is 17.4 Å². The highest BCUT2D eigenvalue weighted by Crippen LogP contribution is 2.49. The lowest BCUT2D eigenvalue weighted by Crippen LogP contribution is -2.47. The molecule has 1 aromatic heterocycles. The second kappa shape index (κ2) is 6.59. The van der Waals surface area contributed by atoms with Crippen molar-refractivity contribution in [2.75, 3.05) is 13.1 Å². The smallest absolute Gasteiger partial charge is 0.252 e. The van der Waals surface area contributed by atoms with E-state index in [1.165, 1.54) is 0 Å². The molecule has 1 aromatic carbocycles. The first kappa shape index (κ1) is 16.3. The van der Waals surface area contributed by atoms with Gasteiger partial charge in [0.15, 0.2) is 5.82 Å². The Kier molecular flexibility index (Phi) is 4.29. The predicted octanol–water partition coefficient (Wildman–Crippen LogP) is 2.62. The number of rotatable bonds is 5. The molecule has 1 atom stereocenters. The summed E-state index contributed by atoms with van der Waals surface area (Å²) < 4.78 is 11.0. The van der Waals surface area contributed by atoms with E-state index in [0.717, 1.165) is 37.8 Å². The van der Waals surface area contributed by atoms with Crippen LogP contribution in [0.15, 0.2) is 34.9 Å². The third kappa shape index (κ3) is 3.31. The zero-order valence-electron chi connectivity index (χ0n) is 14.5. The van der Waals surface area contributed by atoms with Gasteiger partial charge in [-0.25, -0.2) is 0 Å².